The lowest BCUT2D eigenvalue weighted by atomic mass is 9.98. The molecule has 1 aliphatic heterocycles. The van der Waals surface area contributed by atoms with E-state index in [1.807, 2.05) is 0 Å². The average molecular weight is 631 g/mol. The predicted molar refractivity (Wildman–Crippen MR) is 151 cm³/mol. The van der Waals surface area contributed by atoms with Crippen LogP contribution in [0.1, 0.15) is 78.1 Å². The fraction of sp³-hybridized carbons (Fsp3) is 0.963. The Morgan fingerprint density at radius 2 is 1.55 bits per heavy atom. The number of phosphoric ester groups is 1. The van der Waals surface area contributed by atoms with Crippen molar-refractivity contribution in [3.05, 3.63) is 0 Å². The van der Waals surface area contributed by atoms with Gasteiger partial charge in [-0.2, -0.15) is 0 Å². The molecule has 1 fully saturated rings. The molecule has 1 aliphatic rings. The summed E-state index contributed by atoms with van der Waals surface area (Å²) >= 11 is 0. The molecule has 0 aromatic rings. The molecule has 1 unspecified atom stereocenters. The number of amides is 1. The van der Waals surface area contributed by atoms with Crippen LogP contribution in [0.15, 0.2) is 0 Å². The number of hydrogen-bond donors (Lipinski definition) is 7. The summed E-state index contributed by atoms with van der Waals surface area (Å²) in [4.78, 5) is 23.0. The lowest BCUT2D eigenvalue weighted by molar-refractivity contribution is -0.627. The summed E-state index contributed by atoms with van der Waals surface area (Å²) in [5.74, 6) is 0.745. The number of unbranched alkanes of at least 4 members (excludes halogenated alkanes) is 7. The summed E-state index contributed by atoms with van der Waals surface area (Å²) in [5, 5.41) is 56.0. The highest BCUT2D eigenvalue weighted by molar-refractivity contribution is 7.45. The third-order valence-electron chi connectivity index (χ3n) is 7.28. The third-order valence-corrected chi connectivity index (χ3v) is 8.25. The first-order valence-electron chi connectivity index (χ1n) is 15.2. The summed E-state index contributed by atoms with van der Waals surface area (Å²) < 4.78 is 32.2. The summed E-state index contributed by atoms with van der Waals surface area (Å²) in [6.07, 6.45) is -0.136. The molecule has 0 radical (unpaired) electrons. The number of nitrogens with two attached hydrogens (primary N) is 1. The first-order valence-corrected chi connectivity index (χ1v) is 16.6. The fourth-order valence-electron chi connectivity index (χ4n) is 4.61. The van der Waals surface area contributed by atoms with Crippen LogP contribution in [0.5, 0.6) is 0 Å². The van der Waals surface area contributed by atoms with Crippen LogP contribution in [-0.2, 0) is 27.9 Å². The maximum atomic E-state index is 11.9. The molecule has 42 heavy (non-hydrogen) atoms. The lowest BCUT2D eigenvalue weighted by Crippen LogP contribution is -2.80. The first kappa shape index (κ1) is 39.3. The second-order valence-corrected chi connectivity index (χ2v) is 12.8. The number of carbonyl (C=O) groups excluding carboxylic acids is 1. The Morgan fingerprint density at radius 3 is 2.12 bits per heavy atom. The zero-order valence-electron chi connectivity index (χ0n) is 25.3. The van der Waals surface area contributed by atoms with Gasteiger partial charge in [0.25, 0.3) is 7.82 Å². The molecule has 0 saturated carbocycles. The number of nitrogens with one attached hydrogen (secondary N) is 1. The third kappa shape index (κ3) is 15.8. The van der Waals surface area contributed by atoms with E-state index in [2.05, 4.69) is 23.7 Å². The molecule has 250 valence electrons. The zero-order valence-corrected chi connectivity index (χ0v) is 26.2. The Morgan fingerprint density at radius 1 is 0.952 bits per heavy atom. The second kappa shape index (κ2) is 21.9. The maximum Gasteiger partial charge on any atom is 0.268 e. The maximum absolute atomic E-state index is 11.9. The summed E-state index contributed by atoms with van der Waals surface area (Å²) in [7, 11) is -2.99. The van der Waals surface area contributed by atoms with E-state index in [4.69, 9.17) is 14.0 Å². The van der Waals surface area contributed by atoms with E-state index < -0.39 is 70.0 Å². The molecule has 0 aliphatic carbocycles. The van der Waals surface area contributed by atoms with Crippen molar-refractivity contribution in [3.8, 4) is 0 Å². The van der Waals surface area contributed by atoms with Crippen molar-refractivity contribution < 1.29 is 63.6 Å². The Labute approximate surface area is 249 Å². The Balaban J connectivity index is 2.49. The number of ether oxygens (including phenoxy) is 2. The highest BCUT2D eigenvalue weighted by Crippen LogP contribution is 2.39. The van der Waals surface area contributed by atoms with E-state index in [-0.39, 0.29) is 6.61 Å². The summed E-state index contributed by atoms with van der Waals surface area (Å²) in [6, 6.07) is -1.08. The van der Waals surface area contributed by atoms with Crippen LogP contribution in [0, 0.1) is 5.92 Å². The van der Waals surface area contributed by atoms with E-state index in [1.54, 1.807) is 12.4 Å². The normalized spacial score (nSPS) is 26.5. The van der Waals surface area contributed by atoms with E-state index in [0.29, 0.717) is 25.8 Å². The van der Waals surface area contributed by atoms with E-state index >= 15 is 0 Å². The molecule has 1 heterocycles. The topological polar surface area (TPSA) is 224 Å². The van der Waals surface area contributed by atoms with E-state index in [9.17, 15) is 39.8 Å². The number of likely N-dealkylation sites (N-methyl/N-ethyl adjacent to an activating group) is 1. The van der Waals surface area contributed by atoms with Crippen LogP contribution in [0.4, 0.5) is 0 Å². The Hall–Kier alpha value is -0.740. The predicted octanol–water partition coefficient (Wildman–Crippen LogP) is -1.10. The van der Waals surface area contributed by atoms with Crippen LogP contribution < -0.4 is 15.5 Å². The quantitative estimate of drug-likeness (QED) is 0.0363. The number of carbonyl (C=O) groups is 1. The molecular weight excluding hydrogens is 575 g/mol. The molecule has 1 rings (SSSR count). The van der Waals surface area contributed by atoms with Crippen LogP contribution in [-0.4, -0.2) is 114 Å². The SMILES string of the molecule is C[NH2+]CCOP(=O)([O-])OC[C@H]1O[C@@H](OC[C@H](NC=O)[C@H](O)[C@H](O)CCCCCCCCCCC(C)C)[C@H](O)[C@@H](O)[C@@H]1O. The number of hydrogen-bond acceptors (Lipinski definition) is 12. The van der Waals surface area contributed by atoms with Crippen molar-refractivity contribution in [1.29, 1.82) is 0 Å². The van der Waals surface area contributed by atoms with Crippen molar-refractivity contribution in [2.24, 2.45) is 5.92 Å². The van der Waals surface area contributed by atoms with Gasteiger partial charge in [0.15, 0.2) is 6.29 Å². The van der Waals surface area contributed by atoms with Gasteiger partial charge in [0.2, 0.25) is 6.41 Å². The highest BCUT2D eigenvalue weighted by Gasteiger charge is 2.45. The van der Waals surface area contributed by atoms with Crippen LogP contribution in [0.25, 0.3) is 0 Å². The molecule has 0 aromatic heterocycles. The summed E-state index contributed by atoms with van der Waals surface area (Å²) in [6.45, 7) is 3.56. The van der Waals surface area contributed by atoms with Gasteiger partial charge >= 0.3 is 0 Å². The molecule has 14 nitrogen and oxygen atoms in total. The number of aliphatic hydroxyl groups excluding tert-OH is 5. The van der Waals surface area contributed by atoms with Crippen LogP contribution >= 0.6 is 7.82 Å². The van der Waals surface area contributed by atoms with Crippen molar-refractivity contribution >= 4 is 14.2 Å². The molecule has 9 atom stereocenters. The minimum atomic E-state index is -4.72. The molecule has 0 bridgehead atoms. The smallest absolute Gasteiger partial charge is 0.268 e. The monoisotopic (exact) mass is 630 g/mol. The minimum absolute atomic E-state index is 0.129. The molecule has 1 amide bonds. The van der Waals surface area contributed by atoms with Crippen molar-refractivity contribution in [1.82, 2.24) is 5.32 Å². The van der Waals surface area contributed by atoms with Gasteiger partial charge in [-0.1, -0.05) is 71.6 Å². The number of phosphoric acid groups is 1. The van der Waals surface area contributed by atoms with Crippen LogP contribution in [0.3, 0.4) is 0 Å². The van der Waals surface area contributed by atoms with E-state index in [1.165, 1.54) is 32.1 Å². The Kier molecular flexibility index (Phi) is 20.5. The molecule has 8 N–H and O–H groups in total. The fourth-order valence-corrected chi connectivity index (χ4v) is 5.35. The van der Waals surface area contributed by atoms with Gasteiger partial charge in [-0.3, -0.25) is 9.36 Å². The van der Waals surface area contributed by atoms with Crippen LogP contribution in [0.2, 0.25) is 0 Å². The minimum Gasteiger partial charge on any atom is -0.756 e. The molecular formula is C27H55N2O12P. The largest absolute Gasteiger partial charge is 0.756 e. The van der Waals surface area contributed by atoms with Gasteiger partial charge in [-0.25, -0.2) is 0 Å². The van der Waals surface area contributed by atoms with Gasteiger partial charge < -0.3 is 59.6 Å². The standard InChI is InChI=1S/C27H55N2O12P/c1-19(2)12-10-8-6-4-5-7-9-11-13-21(31)23(32)20(29-18-30)16-38-27-26(35)25(34)24(33)22(41-27)17-40-42(36,37)39-15-14-28-3/h18-28,31-35H,4-17H2,1-3H3,(H,29,30)(H,36,37)/t20-,21+,22+,23-,24+,25-,26+,27+/m0/s1. The molecule has 1 saturated heterocycles. The second-order valence-electron chi connectivity index (χ2n) is 11.4. The van der Waals surface area contributed by atoms with Crippen molar-refractivity contribution in [3.63, 3.8) is 0 Å². The van der Waals surface area contributed by atoms with Gasteiger partial charge in [0.1, 0.15) is 37.1 Å². The van der Waals surface area contributed by atoms with Gasteiger partial charge in [0.05, 0.1) is 39.0 Å². The number of rotatable bonds is 25. The van der Waals surface area contributed by atoms with Gasteiger partial charge in [0, 0.05) is 0 Å². The van der Waals surface area contributed by atoms with Crippen molar-refractivity contribution in [2.75, 3.05) is 33.4 Å². The van der Waals surface area contributed by atoms with Gasteiger partial charge in [-0.05, 0) is 12.3 Å². The molecule has 0 aromatic carbocycles. The lowest BCUT2D eigenvalue weighted by Gasteiger charge is -2.41. The highest BCUT2D eigenvalue weighted by atomic mass is 31.2. The average Bonchev–Trinajstić information content (AvgIpc) is 2.94. The zero-order chi connectivity index (χ0) is 31.5. The van der Waals surface area contributed by atoms with Crippen molar-refractivity contribution in [2.45, 2.75) is 127 Å². The van der Waals surface area contributed by atoms with Gasteiger partial charge in [-0.15, -0.1) is 0 Å². The molecule has 0 spiro atoms. The summed E-state index contributed by atoms with van der Waals surface area (Å²) in [5.41, 5.74) is 0. The number of quaternary nitrogens is 1. The molecule has 15 heteroatoms. The van der Waals surface area contributed by atoms with E-state index in [0.717, 1.165) is 25.2 Å². The first-order chi connectivity index (χ1) is 19.9. The Bertz CT molecular complexity index is 752. The number of aliphatic hydroxyl groups is 5.